The van der Waals surface area contributed by atoms with Gasteiger partial charge in [-0.25, -0.2) is 0 Å². The first-order valence-electron chi connectivity index (χ1n) is 9.84. The lowest BCUT2D eigenvalue weighted by Gasteiger charge is -2.24. The van der Waals surface area contributed by atoms with Crippen LogP contribution in [0.1, 0.15) is 12.0 Å². The topological polar surface area (TPSA) is 93.9 Å². The lowest BCUT2D eigenvalue weighted by atomic mass is 10.1. The van der Waals surface area contributed by atoms with Gasteiger partial charge in [-0.05, 0) is 62.9 Å². The summed E-state index contributed by atoms with van der Waals surface area (Å²) in [5.74, 6) is -4.96. The molecule has 0 aromatic heterocycles. The first kappa shape index (κ1) is 36.1. The van der Waals surface area contributed by atoms with Crippen LogP contribution in [0, 0.1) is 7.14 Å². The van der Waals surface area contributed by atoms with Gasteiger partial charge in [-0.15, -0.1) is 0 Å². The van der Waals surface area contributed by atoms with Gasteiger partial charge in [0, 0.05) is 12.8 Å². The second kappa shape index (κ2) is 15.9. The highest BCUT2D eigenvalue weighted by molar-refractivity contribution is 14.1. The average Bonchev–Trinajstić information content (AvgIpc) is 2.64. The highest BCUT2D eigenvalue weighted by Gasteiger charge is 2.29. The summed E-state index contributed by atoms with van der Waals surface area (Å²) in [5.41, 5.74) is 1.40. The van der Waals surface area contributed by atoms with Crippen LogP contribution in [0.2, 0.25) is 0 Å². The van der Waals surface area contributed by atoms with E-state index in [1.807, 2.05) is 0 Å². The number of likely N-dealkylation sites (N-methyl/N-ethyl adjacent to an activating group) is 1. The molecule has 0 fully saturated rings. The van der Waals surface area contributed by atoms with Crippen LogP contribution in [0.25, 0.3) is 0 Å². The largest absolute Gasteiger partial charge is 0.542 e. The second-order valence-corrected chi connectivity index (χ2v) is 10.7. The van der Waals surface area contributed by atoms with Gasteiger partial charge in [-0.1, -0.05) is 0 Å². The van der Waals surface area contributed by atoms with Crippen LogP contribution in [0.4, 0.5) is 26.3 Å². The van der Waals surface area contributed by atoms with Crippen molar-refractivity contribution in [3.63, 3.8) is 0 Å². The molecule has 0 aliphatic carbocycles. The molecule has 204 valence electrons. The van der Waals surface area contributed by atoms with Gasteiger partial charge in [-0.3, -0.25) is 0 Å². The number of benzene rings is 1. The minimum atomic E-state index is -5.19. The van der Waals surface area contributed by atoms with Crippen LogP contribution in [0.3, 0.4) is 0 Å². The summed E-state index contributed by atoms with van der Waals surface area (Å²) >= 11 is 4.79. The molecule has 0 aliphatic rings. The van der Waals surface area contributed by atoms with Crippen LogP contribution in [-0.4, -0.2) is 83.7 Å². The number of alkyl halides is 6. The Balaban J connectivity index is 0. The number of nitrogens with one attached hydrogen (secondary N) is 1. The molecular formula is C20H28F6I2N2O5. The molecular weight excluding hydrogens is 716 g/mol. The number of carbonyl (C=O) groups is 2. The molecule has 0 saturated heterocycles. The molecule has 0 unspecified atom stereocenters. The predicted molar refractivity (Wildman–Crippen MR) is 128 cm³/mol. The van der Waals surface area contributed by atoms with E-state index in [-0.39, 0.29) is 0 Å². The number of halogens is 8. The van der Waals surface area contributed by atoms with Crippen molar-refractivity contribution >= 4 is 57.1 Å². The summed E-state index contributed by atoms with van der Waals surface area (Å²) in [6, 6.07) is 4.54. The number of ether oxygens (including phenoxy) is 1. The summed E-state index contributed by atoms with van der Waals surface area (Å²) in [6.07, 6.45) is -8.18. The lowest BCUT2D eigenvalue weighted by molar-refractivity contribution is -0.870. The Labute approximate surface area is 227 Å². The van der Waals surface area contributed by atoms with E-state index in [1.54, 1.807) is 0 Å². The zero-order valence-corrected chi connectivity index (χ0v) is 24.0. The Morgan fingerprint density at radius 1 is 0.943 bits per heavy atom. The second-order valence-electron chi connectivity index (χ2n) is 8.38. The third-order valence-electron chi connectivity index (χ3n) is 3.66. The molecule has 1 aromatic carbocycles. The highest BCUT2D eigenvalue weighted by atomic mass is 127. The minimum absolute atomic E-state index is 0.801. The van der Waals surface area contributed by atoms with Crippen molar-refractivity contribution in [1.82, 2.24) is 0 Å². The number of nitrogens with zero attached hydrogens (tertiary/aromatic N) is 1. The van der Waals surface area contributed by atoms with E-state index in [4.69, 9.17) is 24.5 Å². The summed E-state index contributed by atoms with van der Waals surface area (Å²) in [7, 11) is 11.1. The van der Waals surface area contributed by atoms with Gasteiger partial charge in [0.1, 0.15) is 17.7 Å². The highest BCUT2D eigenvalue weighted by Crippen LogP contribution is 2.29. The van der Waals surface area contributed by atoms with Gasteiger partial charge in [0.25, 0.3) is 0 Å². The molecule has 0 amide bonds. The lowest BCUT2D eigenvalue weighted by Crippen LogP contribution is -3.05. The minimum Gasteiger partial charge on any atom is -0.542 e. The fraction of sp³-hybridized carbons (Fsp3) is 0.600. The Morgan fingerprint density at radius 3 is 1.60 bits per heavy atom. The number of carbonyl (C=O) groups excluding carboxylic acids is 2. The fourth-order valence-corrected chi connectivity index (χ4v) is 4.17. The molecule has 7 nitrogen and oxygen atoms in total. The third kappa shape index (κ3) is 19.7. The number of rotatable bonds is 8. The first-order valence-corrected chi connectivity index (χ1v) is 12.0. The van der Waals surface area contributed by atoms with E-state index in [1.165, 1.54) is 17.6 Å². The van der Waals surface area contributed by atoms with Gasteiger partial charge in [0.05, 0.1) is 62.1 Å². The van der Waals surface area contributed by atoms with Crippen LogP contribution in [0.5, 0.6) is 5.75 Å². The Kier molecular flexibility index (Phi) is 16.4. The number of hydrogen-bond donors (Lipinski definition) is 1. The molecule has 0 atom stereocenters. The molecule has 0 radical (unpaired) electrons. The van der Waals surface area contributed by atoms with Crippen molar-refractivity contribution < 1.29 is 60.3 Å². The molecule has 0 bridgehead atoms. The zero-order valence-electron chi connectivity index (χ0n) is 19.7. The third-order valence-corrected chi connectivity index (χ3v) is 5.26. The van der Waals surface area contributed by atoms with Crippen LogP contribution in [0.15, 0.2) is 12.1 Å². The Bertz CT molecular complexity index is 766. The van der Waals surface area contributed by atoms with Gasteiger partial charge in [0.15, 0.2) is 0 Å². The quantitative estimate of drug-likeness (QED) is 0.183. The van der Waals surface area contributed by atoms with E-state index in [0.29, 0.717) is 0 Å². The van der Waals surface area contributed by atoms with E-state index >= 15 is 0 Å². The zero-order chi connectivity index (χ0) is 28.2. The smallest absolute Gasteiger partial charge is 0.430 e. The molecule has 1 rings (SSSR count). The Hall–Kier alpha value is -1.08. The predicted octanol–water partition coefficient (Wildman–Crippen LogP) is 0.655. The van der Waals surface area contributed by atoms with E-state index in [9.17, 15) is 26.3 Å². The van der Waals surface area contributed by atoms with Crippen LogP contribution < -0.4 is 19.8 Å². The number of aliphatic carboxylic acids is 2. The molecule has 0 aliphatic heterocycles. The normalized spacial score (nSPS) is 11.7. The molecule has 35 heavy (non-hydrogen) atoms. The first-order chi connectivity index (χ1) is 15.6. The standard InChI is InChI=1S/C16H27I2N2O.2C2HF3O2/c1-19(2)8-6-10-21-16-14(17)11-13(12-15(16)18)7-9-20(3,4)5;2*3-2(4,5)1(6)7/h11-12H,6-10H2,1-5H3;2*(H,6,7)/q+1;;/p-1. The molecule has 0 spiro atoms. The summed E-state index contributed by atoms with van der Waals surface area (Å²) in [4.78, 5) is 19.0. The average molecular weight is 744 g/mol. The van der Waals surface area contributed by atoms with Crippen molar-refractivity contribution in [2.75, 3.05) is 54.9 Å². The number of carboxylic acid groups (broad SMARTS) is 2. The molecule has 15 heteroatoms. The van der Waals surface area contributed by atoms with Crippen molar-refractivity contribution in [1.29, 1.82) is 0 Å². The molecule has 1 aromatic rings. The number of hydrogen-bond acceptors (Lipinski definition) is 5. The van der Waals surface area contributed by atoms with Crippen molar-refractivity contribution in [2.45, 2.75) is 25.2 Å². The van der Waals surface area contributed by atoms with Crippen molar-refractivity contribution in [3.05, 3.63) is 24.8 Å². The van der Waals surface area contributed by atoms with E-state index < -0.39 is 24.3 Å². The molecule has 0 saturated carbocycles. The summed E-state index contributed by atoms with van der Waals surface area (Å²) < 4.78 is 72.5. The number of quaternary nitrogens is 2. The van der Waals surface area contributed by atoms with Crippen molar-refractivity contribution in [2.24, 2.45) is 0 Å². The van der Waals surface area contributed by atoms with Crippen LogP contribution in [-0.2, 0) is 16.0 Å². The van der Waals surface area contributed by atoms with Gasteiger partial charge >= 0.3 is 12.4 Å². The van der Waals surface area contributed by atoms with Crippen molar-refractivity contribution in [3.8, 4) is 5.75 Å². The summed E-state index contributed by atoms with van der Waals surface area (Å²) in [6.45, 7) is 3.10. The van der Waals surface area contributed by atoms with E-state index in [2.05, 4.69) is 92.6 Å². The number of carboxylic acids is 2. The van der Waals surface area contributed by atoms with Gasteiger partial charge in [0.2, 0.25) is 0 Å². The molecule has 1 N–H and O–H groups in total. The van der Waals surface area contributed by atoms with Crippen LogP contribution >= 0.6 is 45.2 Å². The van der Waals surface area contributed by atoms with Gasteiger partial charge in [-0.2, -0.15) is 26.3 Å². The Morgan fingerprint density at radius 2 is 1.31 bits per heavy atom. The fourth-order valence-electron chi connectivity index (χ4n) is 1.96. The molecule has 0 heterocycles. The summed E-state index contributed by atoms with van der Waals surface area (Å²) in [5, 5.41) is 17.6. The maximum Gasteiger partial charge on any atom is 0.430 e. The maximum atomic E-state index is 10.5. The van der Waals surface area contributed by atoms with E-state index in [0.717, 1.165) is 42.8 Å². The monoisotopic (exact) mass is 744 g/mol. The maximum absolute atomic E-state index is 10.5. The van der Waals surface area contributed by atoms with Gasteiger partial charge < -0.3 is 33.9 Å². The SMILES string of the molecule is C[NH+](C)CCCOc1c(I)cc(CC[N+](C)(C)C)cc1I.O=C([O-])C(F)(F)F.O=C([O-])C(F)(F)F.